The van der Waals surface area contributed by atoms with Gasteiger partial charge in [-0.15, -0.1) is 29.7 Å². The summed E-state index contributed by atoms with van der Waals surface area (Å²) >= 11 is 0. The van der Waals surface area contributed by atoms with Crippen LogP contribution >= 0.6 is 0 Å². The van der Waals surface area contributed by atoms with E-state index in [-0.39, 0.29) is 49.0 Å². The van der Waals surface area contributed by atoms with Crippen molar-refractivity contribution in [1.29, 1.82) is 5.26 Å². The first-order chi connectivity index (χ1) is 43.8. The molecule has 384 valence electrons. The number of hydrogen-bond donors (Lipinski definition) is 0. The van der Waals surface area contributed by atoms with E-state index in [2.05, 4.69) is 132 Å². The summed E-state index contributed by atoms with van der Waals surface area (Å²) < 4.78 is 102. The molecule has 0 aliphatic carbocycles. The van der Waals surface area contributed by atoms with E-state index in [1.54, 1.807) is 63.7 Å². The molecule has 8 heteroatoms. The number of imidazole rings is 1. The van der Waals surface area contributed by atoms with E-state index in [1.165, 1.54) is 0 Å². The molecule has 0 radical (unpaired) electrons. The van der Waals surface area contributed by atoms with Gasteiger partial charge < -0.3 is 18.4 Å². The van der Waals surface area contributed by atoms with Crippen molar-refractivity contribution in [2.24, 2.45) is 0 Å². The second-order valence-corrected chi connectivity index (χ2v) is 19.1. The summed E-state index contributed by atoms with van der Waals surface area (Å²) in [6.45, 7) is 0. The number of ether oxygens (including phenoxy) is 1. The number of rotatable bonds is 8. The summed E-state index contributed by atoms with van der Waals surface area (Å²) in [6, 6.07) is 68.5. The van der Waals surface area contributed by atoms with Crippen molar-refractivity contribution in [3.63, 3.8) is 0 Å². The Balaban J connectivity index is 0.00000721. The number of nitriles is 1. The second-order valence-electron chi connectivity index (χ2n) is 19.1. The molecule has 0 saturated carbocycles. The molecule has 0 aliphatic rings. The fourth-order valence-electron chi connectivity index (χ4n) is 11.2. The molecule has 0 amide bonds. The van der Waals surface area contributed by atoms with E-state index in [9.17, 15) is 5.26 Å². The number of nitrogens with zero attached hydrogens (tertiary/aromatic N) is 6. The molecule has 0 bridgehead atoms. The molecule has 0 fully saturated rings. The van der Waals surface area contributed by atoms with Gasteiger partial charge in [0, 0.05) is 61.1 Å². The van der Waals surface area contributed by atoms with Gasteiger partial charge in [-0.25, -0.2) is 4.98 Å². The number of pyridine rings is 1. The van der Waals surface area contributed by atoms with Gasteiger partial charge in [0.05, 0.1) is 58.8 Å². The van der Waals surface area contributed by atoms with Crippen LogP contribution in [-0.2, 0) is 21.1 Å². The number of aromatic nitrogens is 5. The molecule has 15 aromatic rings. The number of fused-ring (bicyclic) bond motifs is 11. The molecule has 11 aromatic carbocycles. The van der Waals surface area contributed by atoms with Gasteiger partial charge in [-0.2, -0.15) is 23.5 Å². The predicted octanol–water partition coefficient (Wildman–Crippen LogP) is 17.3. The smallest absolute Gasteiger partial charge is 0.268 e. The van der Waals surface area contributed by atoms with Gasteiger partial charge in [-0.05, 0) is 91.3 Å². The van der Waals surface area contributed by atoms with Crippen LogP contribution in [0.1, 0.15) is 19.3 Å². The van der Waals surface area contributed by atoms with Gasteiger partial charge >= 0.3 is 0 Å². The van der Waals surface area contributed by atoms with Crippen LogP contribution in [0.3, 0.4) is 0 Å². The molecular weight excluding hydrogens is 1170 g/mol. The minimum atomic E-state index is -0.589. The zero-order valence-electron chi connectivity index (χ0n) is 52.5. The largest absolute Gasteiger partial charge is 0.510 e. The van der Waals surface area contributed by atoms with Crippen molar-refractivity contribution in [3.05, 3.63) is 291 Å². The number of benzene rings is 11. The summed E-state index contributed by atoms with van der Waals surface area (Å²) in [4.78, 5) is 5.07. The third-order valence-electron chi connectivity index (χ3n) is 14.6. The third kappa shape index (κ3) is 8.40. The maximum Gasteiger partial charge on any atom is 0.268 e. The quantitative estimate of drug-likeness (QED) is 0.112. The Morgan fingerprint density at radius 2 is 1.04 bits per heavy atom. The number of hydrogen-bond acceptors (Lipinski definition) is 3. The Bertz CT molecular complexity index is 5470. The van der Waals surface area contributed by atoms with Gasteiger partial charge in [-0.1, -0.05) is 193 Å². The Kier molecular flexibility index (Phi) is 9.86. The Morgan fingerprint density at radius 1 is 0.481 bits per heavy atom. The zero-order chi connectivity index (χ0) is 61.8. The second kappa shape index (κ2) is 20.4. The van der Waals surface area contributed by atoms with Crippen LogP contribution in [0.5, 0.6) is 11.5 Å². The van der Waals surface area contributed by atoms with Crippen molar-refractivity contribution in [2.75, 3.05) is 0 Å². The normalized spacial score (nSPS) is 13.1. The first kappa shape index (κ1) is 39.1. The van der Waals surface area contributed by atoms with Crippen molar-refractivity contribution in [3.8, 4) is 62.7 Å². The molecule has 0 N–H and O–H groups in total. The molecule has 0 unspecified atom stereocenters. The molecule has 0 saturated heterocycles. The van der Waals surface area contributed by atoms with Crippen LogP contribution < -0.4 is 9.30 Å². The van der Waals surface area contributed by atoms with E-state index in [1.807, 2.05) is 53.2 Å². The SMILES string of the molecule is [2H]c1c([2H])c([2H])c(-c2cccc(-c3c([2H])c([2H])c([2H])c([2H])c3[2H])c2-[n+]2[c-]n(-c3[c-]c(Oc4[c-]c5c(cc4)c4cc(C#N)ccc4n5-c4cc(-n5c6ccccc6c6ccccc6c6ccccc6c6ccccc65)ccn4)ccc3)c3ccccc32)c([2H])c1[2H].[Pt]. The van der Waals surface area contributed by atoms with Gasteiger partial charge in [0.25, 0.3) is 6.33 Å². The summed E-state index contributed by atoms with van der Waals surface area (Å²) in [5.41, 5.74) is 6.27. The topological polar surface area (TPSA) is 64.6 Å². The van der Waals surface area contributed by atoms with Crippen molar-refractivity contribution >= 4 is 76.2 Å². The summed E-state index contributed by atoms with van der Waals surface area (Å²) in [5.74, 6) is 1.22. The molecule has 4 heterocycles. The Morgan fingerprint density at radius 3 is 1.68 bits per heavy atom. The molecule has 0 aliphatic heterocycles. The average molecular weight is 1230 g/mol. The Labute approximate surface area is 495 Å². The summed E-state index contributed by atoms with van der Waals surface area (Å²) in [5, 5.41) is 18.3. The third-order valence-corrected chi connectivity index (χ3v) is 14.6. The molecule has 15 rings (SSSR count). The predicted molar refractivity (Wildman–Crippen MR) is 323 cm³/mol. The summed E-state index contributed by atoms with van der Waals surface area (Å²) in [7, 11) is 0. The van der Waals surface area contributed by atoms with Crippen LogP contribution in [0, 0.1) is 29.8 Å². The van der Waals surface area contributed by atoms with Crippen LogP contribution in [0.2, 0.25) is 0 Å². The van der Waals surface area contributed by atoms with Crippen molar-refractivity contribution in [1.82, 2.24) is 18.7 Å². The fourth-order valence-corrected chi connectivity index (χ4v) is 11.2. The van der Waals surface area contributed by atoms with Crippen LogP contribution in [0.4, 0.5) is 0 Å². The van der Waals surface area contributed by atoms with Gasteiger partial charge in [0.1, 0.15) is 5.82 Å². The van der Waals surface area contributed by atoms with E-state index < -0.39 is 60.4 Å². The summed E-state index contributed by atoms with van der Waals surface area (Å²) in [6.07, 6.45) is 5.23. The maximum atomic E-state index is 10.2. The standard InChI is InChI=1S/C73H44N6O.Pt/c74-47-49-37-40-68-65(43-49)64-39-38-55(80-54-24-17-23-52(44-54)76-48-77(70-36-16-15-35-69(70)76)73-56(50-19-3-1-4-20-50)31-18-32-57(73)51-21-5-2-6-22-51)46-71(64)79(68)72-45-53(41-42-75-72)78-66-33-13-11-29-62(66)60-27-9-7-25-58(60)59-26-8-10-28-61(59)63-30-12-14-34-67(63)78;/h1-43,45H;/q-2;/i1D,2D,3D,4D,5D,6D,19D,20D,21D,22D;. The molecule has 0 spiro atoms. The maximum absolute atomic E-state index is 10.2. The van der Waals surface area contributed by atoms with Crippen molar-refractivity contribution in [2.45, 2.75) is 0 Å². The average Bonchev–Trinajstić information content (AvgIpc) is 1.76. The van der Waals surface area contributed by atoms with Crippen LogP contribution in [0.15, 0.2) is 267 Å². The van der Waals surface area contributed by atoms with Crippen molar-refractivity contribution < 1.29 is 44.1 Å². The molecule has 81 heavy (non-hydrogen) atoms. The molecule has 0 atom stereocenters. The Hall–Kier alpha value is -10.4. The molecule has 4 aromatic heterocycles. The first-order valence-corrected chi connectivity index (χ1v) is 25.8. The minimum Gasteiger partial charge on any atom is -0.510 e. The minimum absolute atomic E-state index is 0. The van der Waals surface area contributed by atoms with Gasteiger partial charge in [0.2, 0.25) is 0 Å². The van der Waals surface area contributed by atoms with Gasteiger partial charge in [0.15, 0.2) is 0 Å². The zero-order valence-corrected chi connectivity index (χ0v) is 44.8. The van der Waals surface area contributed by atoms with Crippen LogP contribution in [-0.4, -0.2) is 18.7 Å². The van der Waals surface area contributed by atoms with E-state index >= 15 is 0 Å². The van der Waals surface area contributed by atoms with E-state index in [4.69, 9.17) is 23.4 Å². The first-order valence-electron chi connectivity index (χ1n) is 30.8. The van der Waals surface area contributed by atoms with Crippen LogP contribution in [0.25, 0.3) is 121 Å². The number of para-hydroxylation sites is 5. The van der Waals surface area contributed by atoms with Gasteiger partial charge in [-0.3, -0.25) is 4.57 Å². The fraction of sp³-hybridized carbons (Fsp3) is 0. The van der Waals surface area contributed by atoms with E-state index in [0.29, 0.717) is 45.1 Å². The monoisotopic (exact) mass is 1230 g/mol. The van der Waals surface area contributed by atoms with E-state index in [0.717, 1.165) is 65.3 Å². The molecule has 7 nitrogen and oxygen atoms in total. The molecular formula is C73H44N6OPt-2.